The Morgan fingerprint density at radius 1 is 1.43 bits per heavy atom. The molecular weight excluding hydrogens is 192 g/mol. The first-order chi connectivity index (χ1) is 6.88. The van der Waals surface area contributed by atoms with Gasteiger partial charge in [0.25, 0.3) is 0 Å². The molecule has 1 heterocycles. The van der Waals surface area contributed by atoms with Gasteiger partial charge in [-0.15, -0.1) is 0 Å². The van der Waals surface area contributed by atoms with E-state index in [1.54, 1.807) is 0 Å². The van der Waals surface area contributed by atoms with Gasteiger partial charge in [0.1, 0.15) is 0 Å². The molecule has 3 N–H and O–H groups in total. The van der Waals surface area contributed by atoms with Crippen molar-refractivity contribution in [3.05, 3.63) is 0 Å². The molecular formula is C11H24N2S. The van der Waals surface area contributed by atoms with E-state index in [0.717, 1.165) is 5.92 Å². The Hall–Kier alpha value is 0.270. The fourth-order valence-electron chi connectivity index (χ4n) is 2.12. The molecule has 0 aromatic carbocycles. The van der Waals surface area contributed by atoms with Crippen LogP contribution in [0, 0.1) is 5.92 Å². The summed E-state index contributed by atoms with van der Waals surface area (Å²) >= 11 is 2.07. The maximum atomic E-state index is 5.61. The quantitative estimate of drug-likeness (QED) is 0.390. The summed E-state index contributed by atoms with van der Waals surface area (Å²) in [5.74, 6) is 9.07. The molecule has 0 aromatic heterocycles. The molecule has 2 unspecified atom stereocenters. The van der Waals surface area contributed by atoms with Crippen LogP contribution in [0.15, 0.2) is 0 Å². The van der Waals surface area contributed by atoms with Crippen LogP contribution in [-0.2, 0) is 0 Å². The van der Waals surface area contributed by atoms with Crippen LogP contribution in [-0.4, -0.2) is 17.5 Å². The summed E-state index contributed by atoms with van der Waals surface area (Å²) in [6, 6.07) is 0.571. The lowest BCUT2D eigenvalue weighted by molar-refractivity contribution is 0.355. The van der Waals surface area contributed by atoms with Crippen molar-refractivity contribution in [2.24, 2.45) is 11.8 Å². The van der Waals surface area contributed by atoms with Crippen molar-refractivity contribution in [1.82, 2.24) is 5.43 Å². The van der Waals surface area contributed by atoms with Gasteiger partial charge in [-0.25, -0.2) is 0 Å². The van der Waals surface area contributed by atoms with Gasteiger partial charge < -0.3 is 0 Å². The number of nitrogens with two attached hydrogens (primary N) is 1. The van der Waals surface area contributed by atoms with Crippen LogP contribution >= 0.6 is 11.8 Å². The predicted octanol–water partition coefficient (Wildman–Crippen LogP) is 2.54. The molecule has 1 saturated heterocycles. The normalized spacial score (nSPS) is 24.0. The number of unbranched alkanes of at least 4 members (excludes halogenated alkanes) is 3. The first-order valence-corrected chi connectivity index (χ1v) is 7.07. The second-order valence-corrected chi connectivity index (χ2v) is 5.40. The van der Waals surface area contributed by atoms with Crippen LogP contribution in [0.25, 0.3) is 0 Å². The molecule has 2 nitrogen and oxygen atoms in total. The lowest BCUT2D eigenvalue weighted by atomic mass is 9.94. The van der Waals surface area contributed by atoms with Crippen molar-refractivity contribution >= 4 is 11.8 Å². The summed E-state index contributed by atoms with van der Waals surface area (Å²) in [5.41, 5.74) is 3.01. The van der Waals surface area contributed by atoms with Gasteiger partial charge >= 0.3 is 0 Å². The van der Waals surface area contributed by atoms with Crippen LogP contribution in [0.4, 0.5) is 0 Å². The number of hydrogen-bond donors (Lipinski definition) is 2. The van der Waals surface area contributed by atoms with Crippen molar-refractivity contribution in [3.63, 3.8) is 0 Å². The highest BCUT2D eigenvalue weighted by Gasteiger charge is 2.23. The first-order valence-electron chi connectivity index (χ1n) is 5.92. The van der Waals surface area contributed by atoms with E-state index in [-0.39, 0.29) is 0 Å². The molecule has 0 spiro atoms. The molecule has 0 aromatic rings. The van der Waals surface area contributed by atoms with E-state index in [9.17, 15) is 0 Å². The number of hydrogen-bond acceptors (Lipinski definition) is 3. The zero-order chi connectivity index (χ0) is 10.2. The highest BCUT2D eigenvalue weighted by atomic mass is 32.2. The Morgan fingerprint density at radius 2 is 2.29 bits per heavy atom. The zero-order valence-corrected chi connectivity index (χ0v) is 10.1. The third-order valence-electron chi connectivity index (χ3n) is 3.12. The van der Waals surface area contributed by atoms with Gasteiger partial charge in [-0.1, -0.05) is 32.6 Å². The molecule has 2 atom stereocenters. The van der Waals surface area contributed by atoms with Crippen LogP contribution in [0.1, 0.15) is 45.4 Å². The Morgan fingerprint density at radius 3 is 2.86 bits per heavy atom. The lowest BCUT2D eigenvalue weighted by Gasteiger charge is -2.21. The molecule has 1 rings (SSSR count). The molecule has 14 heavy (non-hydrogen) atoms. The fraction of sp³-hybridized carbons (Fsp3) is 1.00. The van der Waals surface area contributed by atoms with E-state index in [1.807, 2.05) is 0 Å². The third-order valence-corrected chi connectivity index (χ3v) is 4.30. The minimum absolute atomic E-state index is 0.571. The van der Waals surface area contributed by atoms with Gasteiger partial charge in [-0.2, -0.15) is 11.8 Å². The average Bonchev–Trinajstić information content (AvgIpc) is 2.71. The molecule has 0 radical (unpaired) electrons. The van der Waals surface area contributed by atoms with E-state index in [4.69, 9.17) is 5.84 Å². The molecule has 84 valence electrons. The maximum absolute atomic E-state index is 5.61. The SMILES string of the molecule is CCCCCCC(NN)C1CCSC1. The number of nitrogens with one attached hydrogen (secondary N) is 1. The van der Waals surface area contributed by atoms with Gasteiger partial charge in [0.15, 0.2) is 0 Å². The second kappa shape index (κ2) is 7.55. The Labute approximate surface area is 92.4 Å². The highest BCUT2D eigenvalue weighted by molar-refractivity contribution is 7.99. The summed E-state index contributed by atoms with van der Waals surface area (Å²) in [6.45, 7) is 2.26. The second-order valence-electron chi connectivity index (χ2n) is 4.25. The standard InChI is InChI=1S/C11H24N2S/c1-2-3-4-5-6-11(13-12)10-7-8-14-9-10/h10-11,13H,2-9,12H2,1H3. The Bertz CT molecular complexity index is 135. The van der Waals surface area contributed by atoms with Gasteiger partial charge in [-0.3, -0.25) is 11.3 Å². The van der Waals surface area contributed by atoms with E-state index in [2.05, 4.69) is 24.1 Å². The van der Waals surface area contributed by atoms with Crippen molar-refractivity contribution in [1.29, 1.82) is 0 Å². The molecule has 1 aliphatic heterocycles. The minimum atomic E-state index is 0.571. The largest absolute Gasteiger partial charge is 0.271 e. The maximum Gasteiger partial charge on any atom is 0.0246 e. The third kappa shape index (κ3) is 4.20. The van der Waals surface area contributed by atoms with Crippen LogP contribution in [0.5, 0.6) is 0 Å². The minimum Gasteiger partial charge on any atom is -0.271 e. The molecule has 3 heteroatoms. The fourth-order valence-corrected chi connectivity index (χ4v) is 3.45. The summed E-state index contributed by atoms with van der Waals surface area (Å²) in [4.78, 5) is 0. The van der Waals surface area contributed by atoms with Crippen molar-refractivity contribution < 1.29 is 0 Å². The monoisotopic (exact) mass is 216 g/mol. The predicted molar refractivity (Wildman–Crippen MR) is 65.3 cm³/mol. The van der Waals surface area contributed by atoms with E-state index >= 15 is 0 Å². The topological polar surface area (TPSA) is 38.0 Å². The summed E-state index contributed by atoms with van der Waals surface area (Å²) in [6.07, 6.45) is 8.02. The molecule has 0 aliphatic carbocycles. The molecule has 1 aliphatic rings. The van der Waals surface area contributed by atoms with Gasteiger partial charge in [-0.05, 0) is 30.3 Å². The number of rotatable bonds is 7. The van der Waals surface area contributed by atoms with Crippen LogP contribution in [0.2, 0.25) is 0 Å². The van der Waals surface area contributed by atoms with Crippen LogP contribution < -0.4 is 11.3 Å². The highest BCUT2D eigenvalue weighted by Crippen LogP contribution is 2.28. The first kappa shape index (κ1) is 12.3. The summed E-state index contributed by atoms with van der Waals surface area (Å²) in [5, 5.41) is 0. The summed E-state index contributed by atoms with van der Waals surface area (Å²) in [7, 11) is 0. The van der Waals surface area contributed by atoms with Gasteiger partial charge in [0.2, 0.25) is 0 Å². The average molecular weight is 216 g/mol. The zero-order valence-electron chi connectivity index (χ0n) is 9.30. The van der Waals surface area contributed by atoms with E-state index in [0.29, 0.717) is 6.04 Å². The summed E-state index contributed by atoms with van der Waals surface area (Å²) < 4.78 is 0. The van der Waals surface area contributed by atoms with Gasteiger partial charge in [0.05, 0.1) is 0 Å². The molecule has 0 amide bonds. The number of thioether (sulfide) groups is 1. The number of hydrazine groups is 1. The Balaban J connectivity index is 2.11. The van der Waals surface area contributed by atoms with Crippen molar-refractivity contribution in [2.45, 2.75) is 51.5 Å². The van der Waals surface area contributed by atoms with Crippen molar-refractivity contribution in [2.75, 3.05) is 11.5 Å². The van der Waals surface area contributed by atoms with Crippen LogP contribution in [0.3, 0.4) is 0 Å². The molecule has 1 fully saturated rings. The lowest BCUT2D eigenvalue weighted by Crippen LogP contribution is -2.40. The molecule has 0 saturated carbocycles. The van der Waals surface area contributed by atoms with Gasteiger partial charge in [0, 0.05) is 6.04 Å². The molecule has 0 bridgehead atoms. The van der Waals surface area contributed by atoms with Crippen molar-refractivity contribution in [3.8, 4) is 0 Å². The van der Waals surface area contributed by atoms with E-state index in [1.165, 1.54) is 50.0 Å². The van der Waals surface area contributed by atoms with E-state index < -0.39 is 0 Å². The Kier molecular flexibility index (Phi) is 6.65. The smallest absolute Gasteiger partial charge is 0.0246 e.